The number of Topliss-reactive ketones (excluding diaryl/α,β-unsaturated/α-hetero) is 1. The number of hydrogen-bond donors (Lipinski definition) is 3. The van der Waals surface area contributed by atoms with Crippen LogP contribution < -0.4 is 0 Å². The molecule has 12 atom stereocenters. The standard InChI is InChI=1S/C30H34O10/c1-6-19(32)36-22-16(5)29-18-12-15(4)21(33)27(18,35)25(34)26(13-31)23(37-26)20(29)24-28(22,14(2)3)39-30(38-24,40-29)17-10-8-7-9-11-17/h7-12,16,18,20,22-25,31,34-35H,2,6,13H2,1,3-5H3/t16-,18-,20+,22-,23+,24-,25-,26+,27-,28+,29?,30?/m0/s1. The van der Waals surface area contributed by atoms with Gasteiger partial charge in [-0.05, 0) is 25.0 Å². The van der Waals surface area contributed by atoms with Crippen molar-refractivity contribution in [1.29, 1.82) is 0 Å². The zero-order valence-corrected chi connectivity index (χ0v) is 22.8. The highest BCUT2D eigenvalue weighted by molar-refractivity contribution is 6.05. The van der Waals surface area contributed by atoms with Crippen molar-refractivity contribution in [3.05, 3.63) is 59.7 Å². The van der Waals surface area contributed by atoms with E-state index >= 15 is 0 Å². The molecule has 0 radical (unpaired) electrons. The lowest BCUT2D eigenvalue weighted by Crippen LogP contribution is -2.76. The summed E-state index contributed by atoms with van der Waals surface area (Å²) in [6.45, 7) is 10.5. The molecule has 1 aromatic rings. The molecule has 3 heterocycles. The molecule has 214 valence electrons. The van der Waals surface area contributed by atoms with Crippen LogP contribution in [0.25, 0.3) is 0 Å². The Hall–Kier alpha value is -2.44. The van der Waals surface area contributed by atoms with Gasteiger partial charge in [0.15, 0.2) is 17.0 Å². The Balaban J connectivity index is 1.56. The third-order valence-corrected chi connectivity index (χ3v) is 10.4. The lowest BCUT2D eigenvalue weighted by atomic mass is 9.53. The Labute approximate surface area is 231 Å². The number of carbonyl (C=O) groups excluding carboxylic acids is 2. The van der Waals surface area contributed by atoms with Crippen molar-refractivity contribution in [1.82, 2.24) is 0 Å². The molecule has 7 rings (SSSR count). The van der Waals surface area contributed by atoms with Crippen LogP contribution >= 0.6 is 0 Å². The van der Waals surface area contributed by atoms with Crippen molar-refractivity contribution in [2.45, 2.75) is 86.9 Å². The summed E-state index contributed by atoms with van der Waals surface area (Å²) >= 11 is 0. The van der Waals surface area contributed by atoms with Gasteiger partial charge < -0.3 is 39.0 Å². The van der Waals surface area contributed by atoms with Gasteiger partial charge in [0.1, 0.15) is 30.0 Å². The van der Waals surface area contributed by atoms with Crippen LogP contribution in [0.3, 0.4) is 0 Å². The number of ketones is 1. The minimum absolute atomic E-state index is 0.102. The number of aliphatic hydroxyl groups excluding tert-OH is 2. The molecule has 2 saturated carbocycles. The second-order valence-electron chi connectivity index (χ2n) is 12.2. The summed E-state index contributed by atoms with van der Waals surface area (Å²) in [4.78, 5) is 26.6. The summed E-state index contributed by atoms with van der Waals surface area (Å²) in [6, 6.07) is 9.02. The van der Waals surface area contributed by atoms with Gasteiger partial charge in [-0.1, -0.05) is 56.8 Å². The highest BCUT2D eigenvalue weighted by Gasteiger charge is 2.90. The van der Waals surface area contributed by atoms with Gasteiger partial charge in [0.25, 0.3) is 0 Å². The van der Waals surface area contributed by atoms with E-state index in [1.165, 1.54) is 0 Å². The largest absolute Gasteiger partial charge is 0.458 e. The average molecular weight is 555 g/mol. The number of epoxide rings is 1. The summed E-state index contributed by atoms with van der Waals surface area (Å²) in [5.41, 5.74) is -5.64. The van der Waals surface area contributed by atoms with Crippen LogP contribution in [-0.2, 0) is 39.2 Å². The summed E-state index contributed by atoms with van der Waals surface area (Å²) in [7, 11) is 0. The van der Waals surface area contributed by atoms with E-state index in [-0.39, 0.29) is 12.0 Å². The van der Waals surface area contributed by atoms with Crippen molar-refractivity contribution >= 4 is 11.8 Å². The Morgan fingerprint density at radius 1 is 1.15 bits per heavy atom. The van der Waals surface area contributed by atoms with Crippen LogP contribution in [0.5, 0.6) is 0 Å². The first-order valence-electron chi connectivity index (χ1n) is 13.8. The van der Waals surface area contributed by atoms with Gasteiger partial charge in [-0.3, -0.25) is 9.59 Å². The lowest BCUT2D eigenvalue weighted by molar-refractivity contribution is -0.440. The monoisotopic (exact) mass is 554 g/mol. The van der Waals surface area contributed by atoms with E-state index in [2.05, 4.69) is 6.58 Å². The van der Waals surface area contributed by atoms with Crippen LogP contribution in [0, 0.1) is 17.8 Å². The third-order valence-electron chi connectivity index (χ3n) is 10.4. The highest BCUT2D eigenvalue weighted by atomic mass is 16.9. The number of carbonyl (C=O) groups is 2. The van der Waals surface area contributed by atoms with E-state index in [9.17, 15) is 24.9 Å². The molecule has 1 aromatic carbocycles. The van der Waals surface area contributed by atoms with Gasteiger partial charge in [0.2, 0.25) is 0 Å². The molecular weight excluding hydrogens is 520 g/mol. The van der Waals surface area contributed by atoms with Gasteiger partial charge in [0.05, 0.1) is 12.2 Å². The number of hydrogen-bond acceptors (Lipinski definition) is 10. The van der Waals surface area contributed by atoms with Crippen LogP contribution in [0.2, 0.25) is 0 Å². The molecule has 0 amide bonds. The fourth-order valence-electron chi connectivity index (χ4n) is 8.53. The number of rotatable bonds is 5. The summed E-state index contributed by atoms with van der Waals surface area (Å²) in [5, 5.41) is 34.5. The molecule has 6 aliphatic rings. The molecule has 0 spiro atoms. The van der Waals surface area contributed by atoms with Crippen LogP contribution in [-0.4, -0.2) is 80.5 Å². The highest BCUT2D eigenvalue weighted by Crippen LogP contribution is 2.74. The molecule has 3 bridgehead atoms. The lowest BCUT2D eigenvalue weighted by Gasteiger charge is -2.61. The normalized spacial score (nSPS) is 51.3. The second-order valence-corrected chi connectivity index (χ2v) is 12.2. The zero-order chi connectivity index (χ0) is 28.6. The predicted molar refractivity (Wildman–Crippen MR) is 136 cm³/mol. The smallest absolute Gasteiger partial charge is 0.314 e. The number of esters is 1. The summed E-state index contributed by atoms with van der Waals surface area (Å²) in [5.74, 6) is -5.55. The minimum Gasteiger partial charge on any atom is -0.458 e. The van der Waals surface area contributed by atoms with E-state index in [0.29, 0.717) is 11.1 Å². The molecule has 3 N–H and O–H groups in total. The van der Waals surface area contributed by atoms with E-state index in [4.69, 9.17) is 23.7 Å². The first-order chi connectivity index (χ1) is 18.9. The number of fused-ring (bicyclic) bond motifs is 3. The van der Waals surface area contributed by atoms with Gasteiger partial charge in [-0.15, -0.1) is 0 Å². The topological polar surface area (TPSA) is 144 Å². The maximum Gasteiger partial charge on any atom is 0.314 e. The van der Waals surface area contributed by atoms with Crippen LogP contribution in [0.4, 0.5) is 0 Å². The predicted octanol–water partition coefficient (Wildman–Crippen LogP) is 1.26. The quantitative estimate of drug-likeness (QED) is 0.276. The number of ether oxygens (including phenoxy) is 5. The maximum atomic E-state index is 13.7. The molecule has 40 heavy (non-hydrogen) atoms. The number of benzene rings is 1. The van der Waals surface area contributed by atoms with Gasteiger partial charge in [-0.2, -0.15) is 0 Å². The Kier molecular flexibility index (Phi) is 5.22. The molecule has 3 aliphatic heterocycles. The first kappa shape index (κ1) is 26.5. The Morgan fingerprint density at radius 3 is 2.48 bits per heavy atom. The molecule has 5 fully saturated rings. The summed E-state index contributed by atoms with van der Waals surface area (Å²) < 4.78 is 32.8. The van der Waals surface area contributed by atoms with Crippen molar-refractivity contribution in [2.24, 2.45) is 17.8 Å². The maximum absolute atomic E-state index is 13.7. The molecule has 10 nitrogen and oxygen atoms in total. The third kappa shape index (κ3) is 2.65. The Morgan fingerprint density at radius 2 is 1.85 bits per heavy atom. The van der Waals surface area contributed by atoms with Crippen molar-refractivity contribution < 1.29 is 48.6 Å². The second kappa shape index (κ2) is 7.89. The van der Waals surface area contributed by atoms with Crippen molar-refractivity contribution in [2.75, 3.05) is 6.61 Å². The SMILES string of the molecule is C=C(C)[C@]12OC3(c4ccccc4)O[C@H]1[C@H]1[C@H]4O[C@@]4(CO)[C@H](O)[C@@]4(O)C(=O)C(C)=C[C@@H]4C1(O3)[C@@H](C)[C@@H]2OC(=O)CC. The minimum atomic E-state index is -2.39. The molecule has 10 heteroatoms. The van der Waals surface area contributed by atoms with E-state index in [0.717, 1.165) is 0 Å². The first-order valence-corrected chi connectivity index (χ1v) is 13.8. The van der Waals surface area contributed by atoms with Crippen molar-refractivity contribution in [3.8, 4) is 0 Å². The molecular formula is C30H34O10. The van der Waals surface area contributed by atoms with Gasteiger partial charge in [0, 0.05) is 29.7 Å². The fourth-order valence-corrected chi connectivity index (χ4v) is 8.53. The molecule has 3 saturated heterocycles. The van der Waals surface area contributed by atoms with E-state index in [1.807, 2.05) is 25.1 Å². The Bertz CT molecular complexity index is 1360. The summed E-state index contributed by atoms with van der Waals surface area (Å²) in [6.07, 6.45) is -2.79. The van der Waals surface area contributed by atoms with Gasteiger partial charge >= 0.3 is 11.9 Å². The van der Waals surface area contributed by atoms with Crippen molar-refractivity contribution in [3.63, 3.8) is 0 Å². The van der Waals surface area contributed by atoms with E-state index in [1.54, 1.807) is 39.0 Å². The molecule has 2 unspecified atom stereocenters. The van der Waals surface area contributed by atoms with Crippen LogP contribution in [0.15, 0.2) is 54.1 Å². The van der Waals surface area contributed by atoms with Gasteiger partial charge in [-0.25, -0.2) is 0 Å². The van der Waals surface area contributed by atoms with E-state index < -0.39 is 88.9 Å². The average Bonchev–Trinajstić information content (AvgIpc) is 3.57. The molecule has 0 aromatic heterocycles. The number of aliphatic hydroxyl groups is 3. The fraction of sp³-hybridized carbons (Fsp3) is 0.600. The zero-order valence-electron chi connectivity index (χ0n) is 22.8. The van der Waals surface area contributed by atoms with Crippen LogP contribution in [0.1, 0.15) is 39.7 Å². The molecule has 3 aliphatic carbocycles.